The first-order chi connectivity index (χ1) is 7.00. The van der Waals surface area contributed by atoms with Gasteiger partial charge in [-0.05, 0) is 18.8 Å². The zero-order valence-electron chi connectivity index (χ0n) is 9.53. The van der Waals surface area contributed by atoms with Crippen LogP contribution in [0.4, 0.5) is 0 Å². The average Bonchev–Trinajstić information content (AvgIpc) is 2.43. The molecular formula is C10H18N4O. The molecule has 0 saturated heterocycles. The molecule has 1 aromatic heterocycles. The van der Waals surface area contributed by atoms with Crippen LogP contribution < -0.4 is 5.73 Å². The predicted octanol–water partition coefficient (Wildman–Crippen LogP) is 0.431. The fourth-order valence-electron chi connectivity index (χ4n) is 1.45. The van der Waals surface area contributed by atoms with Crippen molar-refractivity contribution < 1.29 is 4.79 Å². The summed E-state index contributed by atoms with van der Waals surface area (Å²) in [6, 6.07) is 0. The highest BCUT2D eigenvalue weighted by Crippen LogP contribution is 2.11. The van der Waals surface area contributed by atoms with Crippen molar-refractivity contribution in [2.75, 3.05) is 0 Å². The third kappa shape index (κ3) is 3.34. The van der Waals surface area contributed by atoms with Crippen LogP contribution in [-0.2, 0) is 24.7 Å². The third-order valence-corrected chi connectivity index (χ3v) is 2.32. The van der Waals surface area contributed by atoms with Crippen molar-refractivity contribution in [3.63, 3.8) is 0 Å². The monoisotopic (exact) mass is 210 g/mol. The Kier molecular flexibility index (Phi) is 3.82. The second-order valence-corrected chi connectivity index (χ2v) is 4.18. The number of rotatable bonds is 5. The Labute approximate surface area is 89.6 Å². The van der Waals surface area contributed by atoms with Crippen molar-refractivity contribution >= 4 is 5.91 Å². The Balaban J connectivity index is 2.75. The normalized spacial score (nSPS) is 10.9. The number of nitrogens with zero attached hydrogens (tertiary/aromatic N) is 3. The molecule has 15 heavy (non-hydrogen) atoms. The fourth-order valence-corrected chi connectivity index (χ4v) is 1.45. The van der Waals surface area contributed by atoms with Crippen LogP contribution in [-0.4, -0.2) is 20.9 Å². The Morgan fingerprint density at radius 2 is 2.20 bits per heavy atom. The Morgan fingerprint density at radius 1 is 1.53 bits per heavy atom. The van der Waals surface area contributed by atoms with E-state index in [1.165, 1.54) is 0 Å². The lowest BCUT2D eigenvalue weighted by Crippen LogP contribution is -2.15. The Morgan fingerprint density at radius 3 is 2.73 bits per heavy atom. The molecule has 0 aliphatic rings. The maximum Gasteiger partial charge on any atom is 0.223 e. The van der Waals surface area contributed by atoms with Crippen LogP contribution in [0.15, 0.2) is 0 Å². The number of hydrogen-bond acceptors (Lipinski definition) is 3. The Bertz CT molecular complexity index is 343. The number of hydrogen-bond donors (Lipinski definition) is 1. The first kappa shape index (κ1) is 11.7. The van der Waals surface area contributed by atoms with E-state index in [2.05, 4.69) is 24.2 Å². The molecule has 1 rings (SSSR count). The topological polar surface area (TPSA) is 73.8 Å². The minimum atomic E-state index is -0.360. The van der Waals surface area contributed by atoms with E-state index in [0.29, 0.717) is 11.6 Å². The van der Waals surface area contributed by atoms with Gasteiger partial charge in [0.25, 0.3) is 0 Å². The minimum absolute atomic E-state index is 0.182. The molecule has 0 atom stereocenters. The maximum absolute atomic E-state index is 10.8. The van der Waals surface area contributed by atoms with E-state index in [1.807, 2.05) is 7.05 Å². The fraction of sp³-hybridized carbons (Fsp3) is 0.700. The molecule has 2 N–H and O–H groups in total. The van der Waals surface area contributed by atoms with Gasteiger partial charge < -0.3 is 5.73 Å². The average molecular weight is 210 g/mol. The zero-order valence-corrected chi connectivity index (χ0v) is 9.53. The quantitative estimate of drug-likeness (QED) is 0.766. The molecule has 0 aromatic carbocycles. The van der Waals surface area contributed by atoms with E-state index in [4.69, 9.17) is 5.73 Å². The summed E-state index contributed by atoms with van der Waals surface area (Å²) < 4.78 is 1.72. The molecule has 5 nitrogen and oxygen atoms in total. The van der Waals surface area contributed by atoms with Crippen LogP contribution in [0.5, 0.6) is 0 Å². The van der Waals surface area contributed by atoms with E-state index in [1.54, 1.807) is 4.68 Å². The number of carbonyl (C=O) groups is 1. The predicted molar refractivity (Wildman–Crippen MR) is 57.1 cm³/mol. The van der Waals surface area contributed by atoms with Crippen LogP contribution in [0.25, 0.3) is 0 Å². The summed E-state index contributed by atoms with van der Waals surface area (Å²) in [5.41, 5.74) is 6.87. The second kappa shape index (κ2) is 4.91. The van der Waals surface area contributed by atoms with Crippen LogP contribution in [0.2, 0.25) is 0 Å². The van der Waals surface area contributed by atoms with Gasteiger partial charge in [-0.15, -0.1) is 5.10 Å². The highest BCUT2D eigenvalue weighted by molar-refractivity contribution is 5.76. The second-order valence-electron chi connectivity index (χ2n) is 4.18. The smallest absolute Gasteiger partial charge is 0.223 e. The van der Waals surface area contributed by atoms with Gasteiger partial charge in [-0.1, -0.05) is 19.1 Å². The van der Waals surface area contributed by atoms with Gasteiger partial charge in [-0.25, -0.2) is 0 Å². The molecule has 0 aliphatic carbocycles. The van der Waals surface area contributed by atoms with Gasteiger partial charge in [0.15, 0.2) is 0 Å². The van der Waals surface area contributed by atoms with E-state index in [0.717, 1.165) is 18.5 Å². The van der Waals surface area contributed by atoms with Gasteiger partial charge in [0.05, 0.1) is 17.8 Å². The van der Waals surface area contributed by atoms with Gasteiger partial charge in [0, 0.05) is 7.05 Å². The summed E-state index contributed by atoms with van der Waals surface area (Å²) in [5.74, 6) is 0.266. The van der Waals surface area contributed by atoms with Crippen molar-refractivity contribution in [1.82, 2.24) is 15.0 Å². The number of carbonyl (C=O) groups excluding carboxylic acids is 1. The van der Waals surface area contributed by atoms with E-state index in [-0.39, 0.29) is 12.3 Å². The van der Waals surface area contributed by atoms with Gasteiger partial charge in [0.1, 0.15) is 0 Å². The summed E-state index contributed by atoms with van der Waals surface area (Å²) in [5, 5.41) is 7.85. The molecule has 1 amide bonds. The van der Waals surface area contributed by atoms with E-state index in [9.17, 15) is 4.79 Å². The summed E-state index contributed by atoms with van der Waals surface area (Å²) in [6.45, 7) is 4.33. The van der Waals surface area contributed by atoms with Crippen LogP contribution in [0, 0.1) is 5.92 Å². The lowest BCUT2D eigenvalue weighted by Gasteiger charge is -2.05. The summed E-state index contributed by atoms with van der Waals surface area (Å²) in [6.07, 6.45) is 2.14. The van der Waals surface area contributed by atoms with Gasteiger partial charge in [0.2, 0.25) is 5.91 Å². The lowest BCUT2D eigenvalue weighted by atomic mass is 10.0. The molecule has 84 valence electrons. The molecule has 1 aromatic rings. The van der Waals surface area contributed by atoms with Crippen molar-refractivity contribution in [2.45, 2.75) is 33.1 Å². The van der Waals surface area contributed by atoms with Crippen LogP contribution in [0.1, 0.15) is 31.7 Å². The maximum atomic E-state index is 10.8. The van der Waals surface area contributed by atoms with Gasteiger partial charge in [-0.3, -0.25) is 9.48 Å². The molecule has 0 fully saturated rings. The van der Waals surface area contributed by atoms with Gasteiger partial charge >= 0.3 is 0 Å². The molecule has 1 heterocycles. The molecule has 0 unspecified atom stereocenters. The molecule has 0 saturated carbocycles. The highest BCUT2D eigenvalue weighted by Gasteiger charge is 2.12. The number of primary amides is 1. The molecule has 0 aliphatic heterocycles. The molecule has 0 radical (unpaired) electrons. The number of aromatic nitrogens is 3. The summed E-state index contributed by atoms with van der Waals surface area (Å²) >= 11 is 0. The van der Waals surface area contributed by atoms with Crippen LogP contribution in [0.3, 0.4) is 0 Å². The summed E-state index contributed by atoms with van der Waals surface area (Å²) in [7, 11) is 1.84. The SMILES string of the molecule is CC(C)CCc1c(CC(N)=O)nnn1C. The highest BCUT2D eigenvalue weighted by atomic mass is 16.1. The first-order valence-corrected chi connectivity index (χ1v) is 5.16. The molecular weight excluding hydrogens is 192 g/mol. The largest absolute Gasteiger partial charge is 0.369 e. The standard InChI is InChI=1S/C10H18N4O/c1-7(2)4-5-9-8(6-10(11)15)12-13-14(9)3/h7H,4-6H2,1-3H3,(H2,11,15). The van der Waals surface area contributed by atoms with E-state index < -0.39 is 0 Å². The molecule has 5 heteroatoms. The van der Waals surface area contributed by atoms with Crippen molar-refractivity contribution in [3.8, 4) is 0 Å². The summed E-state index contributed by atoms with van der Waals surface area (Å²) in [4.78, 5) is 10.8. The van der Waals surface area contributed by atoms with E-state index >= 15 is 0 Å². The lowest BCUT2D eigenvalue weighted by molar-refractivity contribution is -0.117. The molecule has 0 bridgehead atoms. The number of amides is 1. The third-order valence-electron chi connectivity index (χ3n) is 2.32. The molecule has 0 spiro atoms. The van der Waals surface area contributed by atoms with Gasteiger partial charge in [-0.2, -0.15) is 0 Å². The van der Waals surface area contributed by atoms with Crippen molar-refractivity contribution in [1.29, 1.82) is 0 Å². The van der Waals surface area contributed by atoms with Crippen LogP contribution >= 0.6 is 0 Å². The first-order valence-electron chi connectivity index (χ1n) is 5.16. The number of aryl methyl sites for hydroxylation is 1. The van der Waals surface area contributed by atoms with Crippen molar-refractivity contribution in [3.05, 3.63) is 11.4 Å². The number of nitrogens with two attached hydrogens (primary N) is 1. The van der Waals surface area contributed by atoms with Crippen molar-refractivity contribution in [2.24, 2.45) is 18.7 Å². The Hall–Kier alpha value is -1.39. The zero-order chi connectivity index (χ0) is 11.4. The minimum Gasteiger partial charge on any atom is -0.369 e.